The van der Waals surface area contributed by atoms with E-state index in [0.29, 0.717) is 5.95 Å². The molecule has 0 saturated carbocycles. The normalized spacial score (nSPS) is 17.1. The van der Waals surface area contributed by atoms with Crippen molar-refractivity contribution >= 4 is 22.6 Å². The lowest BCUT2D eigenvalue weighted by Gasteiger charge is -2.20. The SMILES string of the molecule is CN(CCN1CCCC1)c1nc(N)ns1. The Kier molecular flexibility index (Phi) is 3.37. The molecule has 0 aromatic carbocycles. The van der Waals surface area contributed by atoms with Crippen LogP contribution in [0.5, 0.6) is 0 Å². The third-order valence-electron chi connectivity index (χ3n) is 2.71. The van der Waals surface area contributed by atoms with Gasteiger partial charge >= 0.3 is 0 Å². The zero-order valence-corrected chi connectivity index (χ0v) is 9.83. The predicted molar refractivity (Wildman–Crippen MR) is 63.3 cm³/mol. The maximum Gasteiger partial charge on any atom is 0.233 e. The number of likely N-dealkylation sites (N-methyl/N-ethyl adjacent to an activating group) is 1. The fourth-order valence-corrected chi connectivity index (χ4v) is 2.36. The first-order chi connectivity index (χ1) is 7.25. The molecule has 2 heterocycles. The quantitative estimate of drug-likeness (QED) is 0.818. The summed E-state index contributed by atoms with van der Waals surface area (Å²) in [5.41, 5.74) is 5.49. The summed E-state index contributed by atoms with van der Waals surface area (Å²) in [6.45, 7) is 4.59. The van der Waals surface area contributed by atoms with Crippen molar-refractivity contribution in [1.29, 1.82) is 0 Å². The highest BCUT2D eigenvalue weighted by molar-refractivity contribution is 7.09. The first-order valence-corrected chi connectivity index (χ1v) is 6.06. The molecule has 84 valence electrons. The van der Waals surface area contributed by atoms with Crippen LogP contribution < -0.4 is 10.6 Å². The zero-order chi connectivity index (χ0) is 10.7. The molecule has 0 atom stereocenters. The number of hydrogen-bond donors (Lipinski definition) is 1. The minimum atomic E-state index is 0.378. The van der Waals surface area contributed by atoms with Gasteiger partial charge in [0, 0.05) is 31.7 Å². The van der Waals surface area contributed by atoms with Gasteiger partial charge in [-0.25, -0.2) is 0 Å². The fraction of sp³-hybridized carbons (Fsp3) is 0.778. The Morgan fingerprint density at radius 1 is 1.47 bits per heavy atom. The molecule has 1 aliphatic rings. The second kappa shape index (κ2) is 4.76. The highest BCUT2D eigenvalue weighted by atomic mass is 32.1. The molecule has 1 aromatic rings. The Labute approximate surface area is 94.1 Å². The average Bonchev–Trinajstić information content (AvgIpc) is 2.84. The molecule has 6 heteroatoms. The van der Waals surface area contributed by atoms with Crippen LogP contribution in [0.4, 0.5) is 11.1 Å². The van der Waals surface area contributed by atoms with E-state index in [9.17, 15) is 0 Å². The van der Waals surface area contributed by atoms with Gasteiger partial charge in [0.15, 0.2) is 0 Å². The molecule has 5 nitrogen and oxygen atoms in total. The summed E-state index contributed by atoms with van der Waals surface area (Å²) >= 11 is 1.36. The van der Waals surface area contributed by atoms with Crippen molar-refractivity contribution < 1.29 is 0 Å². The van der Waals surface area contributed by atoms with Crippen LogP contribution in [-0.4, -0.2) is 47.5 Å². The van der Waals surface area contributed by atoms with Crippen molar-refractivity contribution in [2.24, 2.45) is 0 Å². The summed E-state index contributed by atoms with van der Waals surface area (Å²) in [4.78, 5) is 8.75. The minimum Gasteiger partial charge on any atom is -0.367 e. The van der Waals surface area contributed by atoms with Crippen LogP contribution in [0.2, 0.25) is 0 Å². The summed E-state index contributed by atoms with van der Waals surface area (Å²) in [6.07, 6.45) is 2.69. The third kappa shape index (κ3) is 2.79. The first-order valence-electron chi connectivity index (χ1n) is 5.28. The molecule has 1 fully saturated rings. The number of likely N-dealkylation sites (tertiary alicyclic amines) is 1. The molecule has 0 amide bonds. The lowest BCUT2D eigenvalue weighted by atomic mass is 10.4. The molecular formula is C9H17N5S. The number of anilines is 2. The molecular weight excluding hydrogens is 210 g/mol. The van der Waals surface area contributed by atoms with Crippen molar-refractivity contribution in [3.8, 4) is 0 Å². The average molecular weight is 227 g/mol. The third-order valence-corrected chi connectivity index (χ3v) is 3.55. The zero-order valence-electron chi connectivity index (χ0n) is 9.02. The van der Waals surface area contributed by atoms with Crippen LogP contribution in [0.3, 0.4) is 0 Å². The van der Waals surface area contributed by atoms with Gasteiger partial charge in [0.25, 0.3) is 0 Å². The molecule has 0 unspecified atom stereocenters. The summed E-state index contributed by atoms with van der Waals surface area (Å²) < 4.78 is 3.97. The molecule has 0 spiro atoms. The number of aromatic nitrogens is 2. The van der Waals surface area contributed by atoms with Gasteiger partial charge in [-0.2, -0.15) is 9.36 Å². The Morgan fingerprint density at radius 2 is 2.20 bits per heavy atom. The lowest BCUT2D eigenvalue weighted by molar-refractivity contribution is 0.346. The van der Waals surface area contributed by atoms with E-state index in [0.717, 1.165) is 18.2 Å². The first kappa shape index (κ1) is 10.6. The van der Waals surface area contributed by atoms with E-state index in [-0.39, 0.29) is 0 Å². The second-order valence-corrected chi connectivity index (χ2v) is 4.64. The van der Waals surface area contributed by atoms with Crippen molar-refractivity contribution in [2.75, 3.05) is 43.9 Å². The number of nitrogens with two attached hydrogens (primary N) is 1. The smallest absolute Gasteiger partial charge is 0.233 e. The summed E-state index contributed by atoms with van der Waals surface area (Å²) in [5.74, 6) is 0.378. The van der Waals surface area contributed by atoms with Crippen LogP contribution in [0.1, 0.15) is 12.8 Å². The van der Waals surface area contributed by atoms with E-state index in [1.54, 1.807) is 0 Å². The highest BCUT2D eigenvalue weighted by Crippen LogP contribution is 2.16. The van der Waals surface area contributed by atoms with E-state index in [4.69, 9.17) is 5.73 Å². The van der Waals surface area contributed by atoms with E-state index in [1.165, 1.54) is 37.5 Å². The molecule has 2 N–H and O–H groups in total. The maximum atomic E-state index is 5.49. The van der Waals surface area contributed by atoms with E-state index in [2.05, 4.69) is 19.2 Å². The standard InChI is InChI=1S/C9H17N5S/c1-13(9-11-8(10)12-15-9)6-7-14-4-2-3-5-14/h2-7H2,1H3,(H2,10,12). The monoisotopic (exact) mass is 227 g/mol. The maximum absolute atomic E-state index is 5.49. The summed E-state index contributed by atoms with van der Waals surface area (Å²) in [5, 5.41) is 0.909. The number of nitrogens with zero attached hydrogens (tertiary/aromatic N) is 4. The van der Waals surface area contributed by atoms with E-state index >= 15 is 0 Å². The van der Waals surface area contributed by atoms with Gasteiger partial charge in [-0.05, 0) is 25.9 Å². The molecule has 15 heavy (non-hydrogen) atoms. The van der Waals surface area contributed by atoms with Gasteiger partial charge in [0.05, 0.1) is 0 Å². The Bertz CT molecular complexity index is 307. The number of nitrogen functional groups attached to an aromatic ring is 1. The molecule has 1 saturated heterocycles. The molecule has 0 radical (unpaired) electrons. The van der Waals surface area contributed by atoms with Crippen molar-refractivity contribution in [1.82, 2.24) is 14.3 Å². The topological polar surface area (TPSA) is 58.3 Å². The predicted octanol–water partition coefficient (Wildman–Crippen LogP) is 0.652. The van der Waals surface area contributed by atoms with Gasteiger partial charge in [-0.15, -0.1) is 0 Å². The number of rotatable bonds is 4. The van der Waals surface area contributed by atoms with Crippen molar-refractivity contribution in [3.63, 3.8) is 0 Å². The summed E-state index contributed by atoms with van der Waals surface area (Å²) in [6, 6.07) is 0. The second-order valence-electron chi connectivity index (χ2n) is 3.91. The van der Waals surface area contributed by atoms with Gasteiger partial charge in [0.1, 0.15) is 0 Å². The van der Waals surface area contributed by atoms with Crippen molar-refractivity contribution in [2.45, 2.75) is 12.8 Å². The van der Waals surface area contributed by atoms with Gasteiger partial charge < -0.3 is 15.5 Å². The van der Waals surface area contributed by atoms with E-state index < -0.39 is 0 Å². The van der Waals surface area contributed by atoms with Gasteiger partial charge in [0.2, 0.25) is 11.1 Å². The summed E-state index contributed by atoms with van der Waals surface area (Å²) in [7, 11) is 2.04. The van der Waals surface area contributed by atoms with Crippen LogP contribution in [0.15, 0.2) is 0 Å². The van der Waals surface area contributed by atoms with Gasteiger partial charge in [-0.3, -0.25) is 0 Å². The van der Waals surface area contributed by atoms with Crippen LogP contribution in [0, 0.1) is 0 Å². The van der Waals surface area contributed by atoms with Crippen LogP contribution >= 0.6 is 11.5 Å². The van der Waals surface area contributed by atoms with E-state index in [1.807, 2.05) is 7.05 Å². The lowest BCUT2D eigenvalue weighted by Crippen LogP contribution is -2.31. The van der Waals surface area contributed by atoms with Gasteiger partial charge in [-0.1, -0.05) is 0 Å². The Balaban J connectivity index is 1.79. The van der Waals surface area contributed by atoms with Crippen LogP contribution in [-0.2, 0) is 0 Å². The molecule has 0 bridgehead atoms. The Morgan fingerprint density at radius 3 is 2.80 bits per heavy atom. The van der Waals surface area contributed by atoms with Crippen LogP contribution in [0.25, 0.3) is 0 Å². The minimum absolute atomic E-state index is 0.378. The molecule has 2 rings (SSSR count). The molecule has 1 aliphatic heterocycles. The highest BCUT2D eigenvalue weighted by Gasteiger charge is 2.13. The molecule has 0 aliphatic carbocycles. The largest absolute Gasteiger partial charge is 0.367 e. The fourth-order valence-electron chi connectivity index (χ4n) is 1.77. The van der Waals surface area contributed by atoms with Crippen molar-refractivity contribution in [3.05, 3.63) is 0 Å². The number of hydrogen-bond acceptors (Lipinski definition) is 6. The molecule has 1 aromatic heterocycles. The Hall–Kier alpha value is -0.880.